The van der Waals surface area contributed by atoms with E-state index in [0.717, 1.165) is 40.1 Å². The van der Waals surface area contributed by atoms with Gasteiger partial charge in [-0.1, -0.05) is 0 Å². The number of methoxy groups -OCH3 is 2. The molecule has 3 aromatic heterocycles. The first-order chi connectivity index (χ1) is 16.5. The van der Waals surface area contributed by atoms with E-state index in [-0.39, 0.29) is 5.82 Å². The largest absolute Gasteiger partial charge is 0.496 e. The van der Waals surface area contributed by atoms with Crippen LogP contribution in [-0.2, 0) is 17.7 Å². The van der Waals surface area contributed by atoms with Gasteiger partial charge in [0, 0.05) is 29.9 Å². The molecule has 0 bridgehead atoms. The first kappa shape index (κ1) is 23.8. The van der Waals surface area contributed by atoms with E-state index in [2.05, 4.69) is 4.98 Å². The number of hydrogen-bond acceptors (Lipinski definition) is 6. The number of ether oxygens (including phenoxy) is 3. The molecule has 0 aliphatic carbocycles. The Morgan fingerprint density at radius 2 is 1.97 bits per heavy atom. The molecule has 0 saturated heterocycles. The Kier molecular flexibility index (Phi) is 7.17. The summed E-state index contributed by atoms with van der Waals surface area (Å²) in [7, 11) is 2.95. The fourth-order valence-electron chi connectivity index (χ4n) is 4.11. The van der Waals surface area contributed by atoms with Crippen molar-refractivity contribution in [3.63, 3.8) is 0 Å². The quantitative estimate of drug-likeness (QED) is 0.272. The van der Waals surface area contributed by atoms with Crippen molar-refractivity contribution in [3.8, 4) is 22.1 Å². The summed E-state index contributed by atoms with van der Waals surface area (Å²) >= 11 is 1.30. The number of rotatable bonds is 9. The van der Waals surface area contributed by atoms with Gasteiger partial charge in [-0.05, 0) is 62.6 Å². The molecule has 4 rings (SSSR count). The zero-order valence-corrected chi connectivity index (χ0v) is 20.5. The summed E-state index contributed by atoms with van der Waals surface area (Å²) in [6.45, 7) is 4.98. The number of benzene rings is 1. The number of thiophene rings is 1. The molecule has 0 spiro atoms. The molecule has 0 aliphatic rings. The minimum atomic E-state index is -0.422. The Bertz CT molecular complexity index is 1330. The van der Waals surface area contributed by atoms with Crippen molar-refractivity contribution in [3.05, 3.63) is 64.5 Å². The van der Waals surface area contributed by atoms with Crippen LogP contribution in [-0.4, -0.2) is 36.3 Å². The summed E-state index contributed by atoms with van der Waals surface area (Å²) in [5.41, 5.74) is 3.45. The SMILES string of the molecule is CCOc1cc(-c2cc(CCCn3c(C)cc4c(OC)ccc(F)c43)ccn2)sc1C(=O)OC. The normalized spacial score (nSPS) is 11.1. The monoisotopic (exact) mass is 482 g/mol. The number of fused-ring (bicyclic) bond motifs is 1. The molecule has 1 aromatic carbocycles. The van der Waals surface area contributed by atoms with Crippen LogP contribution in [0.3, 0.4) is 0 Å². The highest BCUT2D eigenvalue weighted by molar-refractivity contribution is 7.17. The van der Waals surface area contributed by atoms with Crippen LogP contribution < -0.4 is 9.47 Å². The van der Waals surface area contributed by atoms with Crippen molar-refractivity contribution in [2.75, 3.05) is 20.8 Å². The summed E-state index contributed by atoms with van der Waals surface area (Å²) < 4.78 is 32.5. The molecule has 178 valence electrons. The fourth-order valence-corrected chi connectivity index (χ4v) is 5.10. The van der Waals surface area contributed by atoms with Gasteiger partial charge in [-0.3, -0.25) is 4.98 Å². The van der Waals surface area contributed by atoms with Crippen LogP contribution >= 0.6 is 11.3 Å². The predicted molar refractivity (Wildman–Crippen MR) is 132 cm³/mol. The molecule has 4 aromatic rings. The third-order valence-electron chi connectivity index (χ3n) is 5.69. The van der Waals surface area contributed by atoms with Crippen molar-refractivity contribution in [2.45, 2.75) is 33.2 Å². The zero-order chi connectivity index (χ0) is 24.2. The molecular weight excluding hydrogens is 455 g/mol. The molecule has 0 aliphatic heterocycles. The lowest BCUT2D eigenvalue weighted by Crippen LogP contribution is -2.03. The van der Waals surface area contributed by atoms with E-state index in [1.54, 1.807) is 19.4 Å². The number of aromatic nitrogens is 2. The van der Waals surface area contributed by atoms with Gasteiger partial charge in [0.25, 0.3) is 0 Å². The average molecular weight is 483 g/mol. The number of halogens is 1. The topological polar surface area (TPSA) is 62.6 Å². The van der Waals surface area contributed by atoms with Crippen LogP contribution in [0, 0.1) is 12.7 Å². The minimum absolute atomic E-state index is 0.251. The smallest absolute Gasteiger partial charge is 0.351 e. The molecule has 0 fully saturated rings. The molecule has 0 N–H and O–H groups in total. The first-order valence-electron chi connectivity index (χ1n) is 11.1. The van der Waals surface area contributed by atoms with Gasteiger partial charge in [-0.15, -0.1) is 11.3 Å². The maximum Gasteiger partial charge on any atom is 0.351 e. The summed E-state index contributed by atoms with van der Waals surface area (Å²) in [6, 6.07) is 10.9. The third-order valence-corrected chi connectivity index (χ3v) is 6.81. The molecule has 8 heteroatoms. The van der Waals surface area contributed by atoms with Crippen LogP contribution in [0.1, 0.15) is 34.3 Å². The number of hydrogen-bond donors (Lipinski definition) is 0. The molecule has 0 saturated carbocycles. The second-order valence-electron chi connectivity index (χ2n) is 7.83. The number of carbonyl (C=O) groups excluding carboxylic acids is 1. The van der Waals surface area contributed by atoms with E-state index < -0.39 is 5.97 Å². The van der Waals surface area contributed by atoms with E-state index in [1.807, 2.05) is 42.7 Å². The molecule has 3 heterocycles. The summed E-state index contributed by atoms with van der Waals surface area (Å²) in [5.74, 6) is 0.507. The highest BCUT2D eigenvalue weighted by Crippen LogP contribution is 2.36. The molecule has 0 unspecified atom stereocenters. The lowest BCUT2D eigenvalue weighted by Gasteiger charge is -2.10. The van der Waals surface area contributed by atoms with E-state index in [1.165, 1.54) is 24.5 Å². The Balaban J connectivity index is 1.53. The first-order valence-corrected chi connectivity index (χ1v) is 11.9. The highest BCUT2D eigenvalue weighted by Gasteiger charge is 2.20. The third kappa shape index (κ3) is 4.63. The molecule has 0 amide bonds. The molecular formula is C26H27FN2O4S. The summed E-state index contributed by atoms with van der Waals surface area (Å²) in [5, 5.41) is 0.787. The molecule has 0 atom stereocenters. The Hall–Kier alpha value is -3.39. The zero-order valence-electron chi connectivity index (χ0n) is 19.7. The van der Waals surface area contributed by atoms with Crippen molar-refractivity contribution < 1.29 is 23.4 Å². The van der Waals surface area contributed by atoms with Gasteiger partial charge in [-0.2, -0.15) is 0 Å². The van der Waals surface area contributed by atoms with Crippen LogP contribution in [0.25, 0.3) is 21.5 Å². The lowest BCUT2D eigenvalue weighted by atomic mass is 10.1. The van der Waals surface area contributed by atoms with Crippen LogP contribution in [0.2, 0.25) is 0 Å². The van der Waals surface area contributed by atoms with Crippen LogP contribution in [0.5, 0.6) is 11.5 Å². The molecule has 6 nitrogen and oxygen atoms in total. The van der Waals surface area contributed by atoms with E-state index in [0.29, 0.717) is 35.0 Å². The standard InChI is InChI=1S/C26H27FN2O4S/c1-5-33-22-15-23(34-25(22)26(30)32-4)20-14-17(10-11-28-20)7-6-12-29-16(2)13-18-21(31-3)9-8-19(27)24(18)29/h8-11,13-15H,5-7,12H2,1-4H3. The second-order valence-corrected chi connectivity index (χ2v) is 8.88. The summed E-state index contributed by atoms with van der Waals surface area (Å²) in [4.78, 5) is 17.9. The number of pyridine rings is 1. The number of nitrogens with zero attached hydrogens (tertiary/aromatic N) is 2. The number of aryl methyl sites for hydroxylation is 3. The van der Waals surface area contributed by atoms with Gasteiger partial charge in [0.2, 0.25) is 0 Å². The Morgan fingerprint density at radius 1 is 1.15 bits per heavy atom. The van der Waals surface area contributed by atoms with Crippen molar-refractivity contribution in [2.24, 2.45) is 0 Å². The minimum Gasteiger partial charge on any atom is -0.496 e. The van der Waals surface area contributed by atoms with Crippen LogP contribution in [0.15, 0.2) is 42.6 Å². The van der Waals surface area contributed by atoms with Gasteiger partial charge in [0.05, 0.1) is 36.9 Å². The van der Waals surface area contributed by atoms with E-state index >= 15 is 0 Å². The lowest BCUT2D eigenvalue weighted by molar-refractivity contribution is 0.0602. The van der Waals surface area contributed by atoms with Gasteiger partial charge < -0.3 is 18.8 Å². The average Bonchev–Trinajstić information content (AvgIpc) is 3.41. The van der Waals surface area contributed by atoms with Gasteiger partial charge >= 0.3 is 5.97 Å². The molecule has 0 radical (unpaired) electrons. The highest BCUT2D eigenvalue weighted by atomic mass is 32.1. The van der Waals surface area contributed by atoms with Crippen molar-refractivity contribution >= 4 is 28.2 Å². The van der Waals surface area contributed by atoms with E-state index in [9.17, 15) is 9.18 Å². The second kappa shape index (κ2) is 10.3. The van der Waals surface area contributed by atoms with Crippen LogP contribution in [0.4, 0.5) is 4.39 Å². The van der Waals surface area contributed by atoms with E-state index in [4.69, 9.17) is 14.2 Å². The molecule has 34 heavy (non-hydrogen) atoms. The number of esters is 1. The predicted octanol–water partition coefficient (Wildman–Crippen LogP) is 6.04. The number of carbonyl (C=O) groups is 1. The maximum atomic E-state index is 14.6. The van der Waals surface area contributed by atoms with Gasteiger partial charge in [-0.25, -0.2) is 9.18 Å². The van der Waals surface area contributed by atoms with Gasteiger partial charge in [0.1, 0.15) is 17.3 Å². The Morgan fingerprint density at radius 3 is 2.71 bits per heavy atom. The van der Waals surface area contributed by atoms with Crippen molar-refractivity contribution in [1.82, 2.24) is 9.55 Å². The summed E-state index contributed by atoms with van der Waals surface area (Å²) in [6.07, 6.45) is 3.39. The van der Waals surface area contributed by atoms with Crippen molar-refractivity contribution in [1.29, 1.82) is 0 Å². The fraction of sp³-hybridized carbons (Fsp3) is 0.308. The maximum absolute atomic E-state index is 14.6. The van der Waals surface area contributed by atoms with Gasteiger partial charge in [0.15, 0.2) is 4.88 Å². The Labute approximate surface area is 201 Å².